The van der Waals surface area contributed by atoms with Gasteiger partial charge in [-0.3, -0.25) is 14.4 Å². The van der Waals surface area contributed by atoms with E-state index in [2.05, 4.69) is 130 Å². The Hall–Kier alpha value is -3.93. The lowest BCUT2D eigenvalue weighted by atomic mass is 10.1. The molecule has 0 saturated heterocycles. The molecule has 0 heterocycles. The van der Waals surface area contributed by atoms with Crippen molar-refractivity contribution in [1.82, 2.24) is 0 Å². The number of carbonyl (C=O) groups excluding carboxylic acids is 3. The van der Waals surface area contributed by atoms with Crippen LogP contribution in [0.25, 0.3) is 0 Å². The predicted molar refractivity (Wildman–Crippen MR) is 260 cm³/mol. The summed E-state index contributed by atoms with van der Waals surface area (Å²) in [4.78, 5) is 37.8. The van der Waals surface area contributed by atoms with Crippen molar-refractivity contribution in [3.63, 3.8) is 0 Å². The van der Waals surface area contributed by atoms with Crippen molar-refractivity contribution in [2.24, 2.45) is 0 Å². The van der Waals surface area contributed by atoms with Gasteiger partial charge >= 0.3 is 17.9 Å². The minimum Gasteiger partial charge on any atom is -0.462 e. The summed E-state index contributed by atoms with van der Waals surface area (Å²) in [6, 6.07) is 0. The maximum atomic E-state index is 12.7. The zero-order chi connectivity index (χ0) is 44.4. The second-order valence-corrected chi connectivity index (χ2v) is 15.6. The fourth-order valence-corrected chi connectivity index (χ4v) is 6.17. The second-order valence-electron chi connectivity index (χ2n) is 15.6. The Morgan fingerprint density at radius 3 is 1.07 bits per heavy atom. The monoisotopic (exact) mass is 845 g/mol. The molecule has 0 aromatic heterocycles. The molecule has 0 bridgehead atoms. The van der Waals surface area contributed by atoms with Crippen LogP contribution in [0.2, 0.25) is 0 Å². The van der Waals surface area contributed by atoms with E-state index in [1.165, 1.54) is 51.4 Å². The van der Waals surface area contributed by atoms with Crippen molar-refractivity contribution < 1.29 is 28.6 Å². The van der Waals surface area contributed by atoms with Crippen LogP contribution in [0.1, 0.15) is 201 Å². The summed E-state index contributed by atoms with van der Waals surface area (Å²) in [5.74, 6) is -1.03. The molecule has 6 nitrogen and oxygen atoms in total. The average molecular weight is 845 g/mol. The molecule has 0 fully saturated rings. The third kappa shape index (κ3) is 47.0. The number of rotatable bonds is 42. The van der Waals surface area contributed by atoms with Crippen LogP contribution >= 0.6 is 0 Å². The Morgan fingerprint density at radius 1 is 0.344 bits per heavy atom. The van der Waals surface area contributed by atoms with Crippen LogP contribution in [-0.2, 0) is 28.6 Å². The van der Waals surface area contributed by atoms with Crippen LogP contribution in [0, 0.1) is 0 Å². The molecular weight excluding hydrogens is 757 g/mol. The summed E-state index contributed by atoms with van der Waals surface area (Å²) < 4.78 is 16.7. The zero-order valence-corrected chi connectivity index (χ0v) is 39.1. The average Bonchev–Trinajstić information content (AvgIpc) is 3.26. The third-order valence-corrected chi connectivity index (χ3v) is 9.77. The molecule has 0 aromatic rings. The normalized spacial score (nSPS) is 13.0. The number of esters is 3. The van der Waals surface area contributed by atoms with Crippen LogP contribution in [0.15, 0.2) is 109 Å². The molecule has 344 valence electrons. The Balaban J connectivity index is 4.56. The van der Waals surface area contributed by atoms with Crippen molar-refractivity contribution in [2.45, 2.75) is 207 Å². The van der Waals surface area contributed by atoms with Gasteiger partial charge in [-0.15, -0.1) is 0 Å². The molecule has 0 aliphatic heterocycles. The van der Waals surface area contributed by atoms with E-state index in [-0.39, 0.29) is 44.0 Å². The SMILES string of the molecule is CC/C=C\C/C=C\C/C=C\C/C=C\C/C=C\CCCC(=O)OC[C@H](COC(=O)CCCCCCCCCCCCC)OC(=O)CCCC/C=C\C/C=C\C/C=C\C/C=C\CC. The number of allylic oxidation sites excluding steroid dienone is 18. The number of hydrogen-bond acceptors (Lipinski definition) is 6. The van der Waals surface area contributed by atoms with Crippen LogP contribution in [0.3, 0.4) is 0 Å². The van der Waals surface area contributed by atoms with Gasteiger partial charge in [0.15, 0.2) is 6.10 Å². The molecule has 6 heteroatoms. The minimum atomic E-state index is -0.821. The third-order valence-electron chi connectivity index (χ3n) is 9.77. The molecule has 0 rings (SSSR count). The molecule has 61 heavy (non-hydrogen) atoms. The highest BCUT2D eigenvalue weighted by Gasteiger charge is 2.19. The molecule has 0 N–H and O–H groups in total. The molecular formula is C55H88O6. The van der Waals surface area contributed by atoms with E-state index in [1.807, 2.05) is 0 Å². The first-order valence-corrected chi connectivity index (χ1v) is 24.4. The van der Waals surface area contributed by atoms with Gasteiger partial charge in [0.1, 0.15) is 13.2 Å². The van der Waals surface area contributed by atoms with Crippen LogP contribution < -0.4 is 0 Å². The molecule has 0 aliphatic carbocycles. The predicted octanol–water partition coefficient (Wildman–Crippen LogP) is 16.0. The van der Waals surface area contributed by atoms with Crippen molar-refractivity contribution in [2.75, 3.05) is 13.2 Å². The smallest absolute Gasteiger partial charge is 0.306 e. The molecule has 1 atom stereocenters. The van der Waals surface area contributed by atoms with Crippen LogP contribution in [0.4, 0.5) is 0 Å². The van der Waals surface area contributed by atoms with Crippen molar-refractivity contribution >= 4 is 17.9 Å². The highest BCUT2D eigenvalue weighted by molar-refractivity contribution is 5.71. The lowest BCUT2D eigenvalue weighted by Gasteiger charge is -2.18. The lowest BCUT2D eigenvalue weighted by molar-refractivity contribution is -0.167. The van der Waals surface area contributed by atoms with Gasteiger partial charge < -0.3 is 14.2 Å². The summed E-state index contributed by atoms with van der Waals surface area (Å²) in [5.41, 5.74) is 0. The lowest BCUT2D eigenvalue weighted by Crippen LogP contribution is -2.30. The highest BCUT2D eigenvalue weighted by atomic mass is 16.6. The molecule has 0 amide bonds. The fraction of sp³-hybridized carbons (Fsp3) is 0.618. The molecule has 0 radical (unpaired) electrons. The first kappa shape index (κ1) is 57.1. The minimum absolute atomic E-state index is 0.113. The van der Waals surface area contributed by atoms with Gasteiger partial charge in [-0.05, 0) is 96.3 Å². The number of unbranched alkanes of at least 4 members (excludes halogenated alkanes) is 13. The summed E-state index contributed by atoms with van der Waals surface area (Å²) in [5, 5.41) is 0. The maximum Gasteiger partial charge on any atom is 0.306 e. The Kier molecular flexibility index (Phi) is 45.6. The van der Waals surface area contributed by atoms with Crippen LogP contribution in [0.5, 0.6) is 0 Å². The largest absolute Gasteiger partial charge is 0.462 e. The van der Waals surface area contributed by atoms with Crippen molar-refractivity contribution in [1.29, 1.82) is 0 Å². The topological polar surface area (TPSA) is 78.9 Å². The second kappa shape index (κ2) is 48.7. The van der Waals surface area contributed by atoms with Gasteiger partial charge in [0.2, 0.25) is 0 Å². The van der Waals surface area contributed by atoms with Gasteiger partial charge in [0, 0.05) is 19.3 Å². The maximum absolute atomic E-state index is 12.7. The molecule has 0 aromatic carbocycles. The van der Waals surface area contributed by atoms with E-state index in [9.17, 15) is 14.4 Å². The molecule has 0 aliphatic rings. The summed E-state index contributed by atoms with van der Waals surface area (Å²) in [6.07, 6.45) is 65.1. The molecule has 0 spiro atoms. The highest BCUT2D eigenvalue weighted by Crippen LogP contribution is 2.13. The van der Waals surface area contributed by atoms with E-state index in [4.69, 9.17) is 14.2 Å². The zero-order valence-electron chi connectivity index (χ0n) is 39.1. The van der Waals surface area contributed by atoms with Gasteiger partial charge in [-0.2, -0.15) is 0 Å². The van der Waals surface area contributed by atoms with E-state index in [0.717, 1.165) is 96.3 Å². The first-order valence-electron chi connectivity index (χ1n) is 24.4. The van der Waals surface area contributed by atoms with Gasteiger partial charge in [-0.1, -0.05) is 194 Å². The van der Waals surface area contributed by atoms with E-state index < -0.39 is 6.10 Å². The van der Waals surface area contributed by atoms with Gasteiger partial charge in [0.25, 0.3) is 0 Å². The first-order chi connectivity index (χ1) is 30.0. The Labute approximate surface area is 374 Å². The number of carbonyl (C=O) groups is 3. The van der Waals surface area contributed by atoms with E-state index >= 15 is 0 Å². The Morgan fingerprint density at radius 2 is 0.656 bits per heavy atom. The van der Waals surface area contributed by atoms with Crippen LogP contribution in [-0.4, -0.2) is 37.2 Å². The number of ether oxygens (including phenoxy) is 3. The summed E-state index contributed by atoms with van der Waals surface area (Å²) in [7, 11) is 0. The quantitative estimate of drug-likeness (QED) is 0.0264. The fourth-order valence-electron chi connectivity index (χ4n) is 6.17. The molecule has 0 saturated carbocycles. The van der Waals surface area contributed by atoms with E-state index in [1.54, 1.807) is 0 Å². The van der Waals surface area contributed by atoms with Gasteiger partial charge in [-0.25, -0.2) is 0 Å². The van der Waals surface area contributed by atoms with Crippen molar-refractivity contribution in [3.05, 3.63) is 109 Å². The van der Waals surface area contributed by atoms with Gasteiger partial charge in [0.05, 0.1) is 0 Å². The standard InChI is InChI=1S/C55H88O6/c1-4-7-10-13-16-19-22-24-26-27-29-30-33-36-39-42-45-48-54(57)60-51-52(50-59-53(56)47-44-41-38-35-32-21-18-15-12-9-6-3)61-55(58)49-46-43-40-37-34-31-28-25-23-20-17-14-11-8-5-2/h7-8,10-11,16-17,19-20,24-26,28-30,34,36-37,39,52H,4-6,9,12-15,18,21-23,27,31-33,35,38,40-51H2,1-3H3/b10-7-,11-8-,19-16-,20-17-,26-24-,28-25-,30-29-,37-34-,39-36-/t52-/m0/s1. The van der Waals surface area contributed by atoms with E-state index in [0.29, 0.717) is 19.3 Å². The Bertz CT molecular complexity index is 1290. The summed E-state index contributed by atoms with van der Waals surface area (Å²) in [6.45, 7) is 6.29. The molecule has 0 unspecified atom stereocenters. The number of hydrogen-bond donors (Lipinski definition) is 0. The van der Waals surface area contributed by atoms with Crippen molar-refractivity contribution in [3.8, 4) is 0 Å². The summed E-state index contributed by atoms with van der Waals surface area (Å²) >= 11 is 0.